The summed E-state index contributed by atoms with van der Waals surface area (Å²) in [5, 5.41) is 3.34. The van der Waals surface area contributed by atoms with Crippen LogP contribution in [0.2, 0.25) is 0 Å². The lowest BCUT2D eigenvalue weighted by atomic mass is 10.2. The molecule has 1 rings (SSSR count). The fourth-order valence-corrected chi connectivity index (χ4v) is 1.94. The number of hydrogen-bond acceptors (Lipinski definition) is 1. The highest BCUT2D eigenvalue weighted by molar-refractivity contribution is 5.11. The predicted molar refractivity (Wildman–Crippen MR) is 66.4 cm³/mol. The summed E-state index contributed by atoms with van der Waals surface area (Å²) in [6.45, 7) is 5.45. The van der Waals surface area contributed by atoms with E-state index in [1.165, 1.54) is 0 Å². The third-order valence-electron chi connectivity index (χ3n) is 2.87. The summed E-state index contributed by atoms with van der Waals surface area (Å²) in [4.78, 5) is 0. The van der Waals surface area contributed by atoms with Crippen molar-refractivity contribution >= 4 is 0 Å². The average molecular weight is 262 g/mol. The van der Waals surface area contributed by atoms with Gasteiger partial charge in [0.2, 0.25) is 0 Å². The molecule has 18 heavy (non-hydrogen) atoms. The molecule has 0 fully saturated rings. The molecule has 104 valence electrons. The first-order valence-electron chi connectivity index (χ1n) is 6.39. The molecule has 0 aliphatic heterocycles. The number of aryl methyl sites for hydroxylation is 1. The summed E-state index contributed by atoms with van der Waals surface area (Å²) in [6.07, 6.45) is -1.76. The van der Waals surface area contributed by atoms with Crippen molar-refractivity contribution in [1.82, 2.24) is 9.88 Å². The third-order valence-corrected chi connectivity index (χ3v) is 2.87. The van der Waals surface area contributed by atoms with Crippen molar-refractivity contribution in [3.8, 4) is 0 Å². The second-order valence-corrected chi connectivity index (χ2v) is 4.52. The molecule has 5 heteroatoms. The van der Waals surface area contributed by atoms with Crippen LogP contribution in [0.25, 0.3) is 0 Å². The molecule has 0 aliphatic rings. The van der Waals surface area contributed by atoms with Crippen LogP contribution >= 0.6 is 0 Å². The molecule has 0 saturated heterocycles. The zero-order chi connectivity index (χ0) is 13.6. The Labute approximate surface area is 106 Å². The van der Waals surface area contributed by atoms with Crippen LogP contribution in [0, 0.1) is 0 Å². The maximum Gasteiger partial charge on any atom is 0.389 e. The predicted octanol–water partition coefficient (Wildman–Crippen LogP) is 3.89. The summed E-state index contributed by atoms with van der Waals surface area (Å²) < 4.78 is 38.2. The van der Waals surface area contributed by atoms with Crippen LogP contribution < -0.4 is 5.32 Å². The largest absolute Gasteiger partial charge is 0.389 e. The van der Waals surface area contributed by atoms with Crippen LogP contribution in [-0.4, -0.2) is 17.3 Å². The van der Waals surface area contributed by atoms with E-state index < -0.39 is 12.6 Å². The van der Waals surface area contributed by atoms with Gasteiger partial charge in [-0.3, -0.25) is 0 Å². The van der Waals surface area contributed by atoms with Crippen LogP contribution in [0.1, 0.15) is 44.8 Å². The molecule has 0 saturated carbocycles. The van der Waals surface area contributed by atoms with Gasteiger partial charge >= 0.3 is 6.18 Å². The van der Waals surface area contributed by atoms with Gasteiger partial charge in [0.15, 0.2) is 0 Å². The van der Waals surface area contributed by atoms with Gasteiger partial charge in [0, 0.05) is 30.9 Å². The summed E-state index contributed by atoms with van der Waals surface area (Å²) in [6, 6.07) is 4.01. The lowest BCUT2D eigenvalue weighted by Gasteiger charge is -2.17. The number of halogens is 3. The molecule has 1 N–H and O–H groups in total. The number of rotatable bonds is 7. The Morgan fingerprint density at radius 3 is 2.72 bits per heavy atom. The number of aromatic nitrogens is 1. The van der Waals surface area contributed by atoms with Crippen molar-refractivity contribution in [2.75, 3.05) is 6.54 Å². The van der Waals surface area contributed by atoms with Gasteiger partial charge < -0.3 is 9.88 Å². The van der Waals surface area contributed by atoms with Crippen LogP contribution in [0.15, 0.2) is 18.3 Å². The van der Waals surface area contributed by atoms with E-state index in [0.29, 0.717) is 6.54 Å². The molecule has 0 aliphatic carbocycles. The molecular weight excluding hydrogens is 241 g/mol. The van der Waals surface area contributed by atoms with E-state index in [-0.39, 0.29) is 12.5 Å². The van der Waals surface area contributed by atoms with Gasteiger partial charge in [-0.15, -0.1) is 0 Å². The van der Waals surface area contributed by atoms with Gasteiger partial charge in [-0.25, -0.2) is 0 Å². The topological polar surface area (TPSA) is 17.0 Å². The van der Waals surface area contributed by atoms with Crippen molar-refractivity contribution in [1.29, 1.82) is 0 Å². The van der Waals surface area contributed by atoms with E-state index in [9.17, 15) is 13.2 Å². The Morgan fingerprint density at radius 1 is 1.39 bits per heavy atom. The number of alkyl halides is 3. The van der Waals surface area contributed by atoms with E-state index in [1.807, 2.05) is 29.8 Å². The molecule has 0 spiro atoms. The molecule has 1 atom stereocenters. The molecular formula is C13H21F3N2. The normalized spacial score (nSPS) is 13.8. The summed E-state index contributed by atoms with van der Waals surface area (Å²) in [5.74, 6) is 0. The first-order chi connectivity index (χ1) is 8.44. The smallest absolute Gasteiger partial charge is 0.350 e. The van der Waals surface area contributed by atoms with Gasteiger partial charge in [-0.2, -0.15) is 13.2 Å². The minimum Gasteiger partial charge on any atom is -0.350 e. The lowest BCUT2D eigenvalue weighted by Crippen LogP contribution is -2.22. The van der Waals surface area contributed by atoms with E-state index >= 15 is 0 Å². The first kappa shape index (κ1) is 15.1. The standard InChI is InChI=1S/C13H21F3N2/c1-3-8-17-11(2)12-6-4-9-18(12)10-5-7-13(14,15)16/h4,6,9,11,17H,3,5,7-8,10H2,1-2H3. The molecule has 2 nitrogen and oxygen atoms in total. The lowest BCUT2D eigenvalue weighted by molar-refractivity contribution is -0.135. The Bertz CT molecular complexity index is 344. The van der Waals surface area contributed by atoms with Crippen LogP contribution in [0.3, 0.4) is 0 Å². The summed E-state index contributed by atoms with van der Waals surface area (Å²) in [5.41, 5.74) is 1.05. The molecule has 1 heterocycles. The Morgan fingerprint density at radius 2 is 2.11 bits per heavy atom. The SMILES string of the molecule is CCCNC(C)c1cccn1CCCC(F)(F)F. The summed E-state index contributed by atoms with van der Waals surface area (Å²) in [7, 11) is 0. The van der Waals surface area contributed by atoms with Gasteiger partial charge in [0.25, 0.3) is 0 Å². The maximum absolute atomic E-state index is 12.1. The second kappa shape index (κ2) is 6.83. The Kier molecular flexibility index (Phi) is 5.72. The van der Waals surface area contributed by atoms with Crippen LogP contribution in [0.4, 0.5) is 13.2 Å². The monoisotopic (exact) mass is 262 g/mol. The van der Waals surface area contributed by atoms with Crippen molar-refractivity contribution < 1.29 is 13.2 Å². The van der Waals surface area contributed by atoms with E-state index in [0.717, 1.165) is 18.7 Å². The van der Waals surface area contributed by atoms with E-state index in [1.54, 1.807) is 0 Å². The quantitative estimate of drug-likeness (QED) is 0.788. The van der Waals surface area contributed by atoms with Gasteiger partial charge in [-0.1, -0.05) is 6.92 Å². The van der Waals surface area contributed by atoms with Gasteiger partial charge in [0.1, 0.15) is 0 Å². The second-order valence-electron chi connectivity index (χ2n) is 4.52. The molecule has 1 aromatic heterocycles. The van der Waals surface area contributed by atoms with Crippen LogP contribution in [-0.2, 0) is 6.54 Å². The van der Waals surface area contributed by atoms with Crippen molar-refractivity contribution in [2.24, 2.45) is 0 Å². The fraction of sp³-hybridized carbons (Fsp3) is 0.692. The van der Waals surface area contributed by atoms with Crippen LogP contribution in [0.5, 0.6) is 0 Å². The van der Waals surface area contributed by atoms with Crippen molar-refractivity contribution in [2.45, 2.75) is 51.9 Å². The van der Waals surface area contributed by atoms with Gasteiger partial charge in [-0.05, 0) is 38.4 Å². The molecule has 0 aromatic carbocycles. The number of nitrogens with zero attached hydrogens (tertiary/aromatic N) is 1. The fourth-order valence-electron chi connectivity index (χ4n) is 1.94. The zero-order valence-electron chi connectivity index (χ0n) is 10.9. The number of hydrogen-bond donors (Lipinski definition) is 1. The molecule has 1 aromatic rings. The first-order valence-corrected chi connectivity index (χ1v) is 6.39. The molecule has 0 amide bonds. The highest BCUT2D eigenvalue weighted by Crippen LogP contribution is 2.22. The van der Waals surface area contributed by atoms with Crippen molar-refractivity contribution in [3.05, 3.63) is 24.0 Å². The van der Waals surface area contributed by atoms with Crippen molar-refractivity contribution in [3.63, 3.8) is 0 Å². The highest BCUT2D eigenvalue weighted by Gasteiger charge is 2.26. The molecule has 1 unspecified atom stereocenters. The number of nitrogens with one attached hydrogen (secondary N) is 1. The molecule has 0 bridgehead atoms. The Hall–Kier alpha value is -0.970. The average Bonchev–Trinajstić information content (AvgIpc) is 2.72. The van der Waals surface area contributed by atoms with E-state index in [2.05, 4.69) is 12.2 Å². The zero-order valence-corrected chi connectivity index (χ0v) is 10.9. The Balaban J connectivity index is 2.49. The van der Waals surface area contributed by atoms with Gasteiger partial charge in [0.05, 0.1) is 0 Å². The minimum absolute atomic E-state index is 0.131. The highest BCUT2D eigenvalue weighted by atomic mass is 19.4. The third kappa shape index (κ3) is 5.12. The minimum atomic E-state index is -4.06. The summed E-state index contributed by atoms with van der Waals surface area (Å²) >= 11 is 0. The maximum atomic E-state index is 12.1. The molecule has 0 radical (unpaired) electrons. The van der Waals surface area contributed by atoms with E-state index in [4.69, 9.17) is 0 Å².